The van der Waals surface area contributed by atoms with Crippen LogP contribution in [0.4, 0.5) is 0 Å². The monoisotopic (exact) mass is 440 g/mol. The van der Waals surface area contributed by atoms with Gasteiger partial charge in [0.25, 0.3) is 5.91 Å². The van der Waals surface area contributed by atoms with Gasteiger partial charge in [0.15, 0.2) is 0 Å². The summed E-state index contributed by atoms with van der Waals surface area (Å²) in [6.07, 6.45) is 2.91. The quantitative estimate of drug-likeness (QED) is 0.730. The highest BCUT2D eigenvalue weighted by atomic mass is 35.5. The molecular formula is C20H22Cl2N2O3S. The van der Waals surface area contributed by atoms with Crippen molar-refractivity contribution < 1.29 is 13.2 Å². The summed E-state index contributed by atoms with van der Waals surface area (Å²) in [6.45, 7) is 1.46. The molecule has 0 bridgehead atoms. The first-order valence-corrected chi connectivity index (χ1v) is 11.5. The summed E-state index contributed by atoms with van der Waals surface area (Å²) in [7, 11) is -3.32. The Labute approximate surface area is 175 Å². The van der Waals surface area contributed by atoms with E-state index in [1.807, 2.05) is 0 Å². The van der Waals surface area contributed by atoms with E-state index in [1.165, 1.54) is 0 Å². The molecule has 0 aliphatic carbocycles. The molecule has 1 heterocycles. The minimum absolute atomic E-state index is 0.0463. The van der Waals surface area contributed by atoms with Gasteiger partial charge in [0.1, 0.15) is 0 Å². The maximum absolute atomic E-state index is 12.5. The molecule has 2 aromatic rings. The number of nitrogens with zero attached hydrogens (tertiary/aromatic N) is 1. The van der Waals surface area contributed by atoms with Crippen LogP contribution in [0.5, 0.6) is 0 Å². The van der Waals surface area contributed by atoms with Gasteiger partial charge in [-0.3, -0.25) is 4.79 Å². The first-order chi connectivity index (χ1) is 13.3. The molecule has 0 aromatic heterocycles. The Morgan fingerprint density at radius 2 is 1.68 bits per heavy atom. The lowest BCUT2D eigenvalue weighted by atomic mass is 10.1. The SMILES string of the molecule is O=C(NCc1ccc(Cl)cc1Cl)c1ccc(CS(=O)(=O)N2CCCCC2)cc1. The van der Waals surface area contributed by atoms with Gasteiger partial charge in [0.2, 0.25) is 10.0 Å². The van der Waals surface area contributed by atoms with Crippen LogP contribution in [0.25, 0.3) is 0 Å². The molecule has 0 spiro atoms. The number of hydrogen-bond donors (Lipinski definition) is 1. The van der Waals surface area contributed by atoms with Crippen LogP contribution in [0.15, 0.2) is 42.5 Å². The Hall–Kier alpha value is -1.60. The minimum Gasteiger partial charge on any atom is -0.348 e. The van der Waals surface area contributed by atoms with Gasteiger partial charge >= 0.3 is 0 Å². The van der Waals surface area contributed by atoms with Gasteiger partial charge in [0.05, 0.1) is 5.75 Å². The third-order valence-electron chi connectivity index (χ3n) is 4.73. The number of carbonyl (C=O) groups is 1. The van der Waals surface area contributed by atoms with E-state index in [-0.39, 0.29) is 18.2 Å². The third kappa shape index (κ3) is 5.47. The van der Waals surface area contributed by atoms with Gasteiger partial charge in [-0.15, -0.1) is 0 Å². The van der Waals surface area contributed by atoms with Crippen molar-refractivity contribution in [3.8, 4) is 0 Å². The second-order valence-electron chi connectivity index (χ2n) is 6.83. The zero-order chi connectivity index (χ0) is 20.1. The predicted molar refractivity (Wildman–Crippen MR) is 112 cm³/mol. The fraction of sp³-hybridized carbons (Fsp3) is 0.350. The number of benzene rings is 2. The number of hydrogen-bond acceptors (Lipinski definition) is 3. The van der Waals surface area contributed by atoms with Crippen LogP contribution in [0.3, 0.4) is 0 Å². The molecule has 1 N–H and O–H groups in total. The van der Waals surface area contributed by atoms with E-state index < -0.39 is 10.0 Å². The lowest BCUT2D eigenvalue weighted by molar-refractivity contribution is 0.0951. The zero-order valence-corrected chi connectivity index (χ0v) is 17.7. The molecule has 150 valence electrons. The fourth-order valence-electron chi connectivity index (χ4n) is 3.14. The first-order valence-electron chi connectivity index (χ1n) is 9.14. The Kier molecular flexibility index (Phi) is 6.99. The van der Waals surface area contributed by atoms with Gasteiger partial charge < -0.3 is 5.32 Å². The van der Waals surface area contributed by atoms with Crippen LogP contribution in [-0.4, -0.2) is 31.7 Å². The van der Waals surface area contributed by atoms with E-state index in [1.54, 1.807) is 46.8 Å². The van der Waals surface area contributed by atoms with Crippen LogP contribution in [0.2, 0.25) is 10.0 Å². The molecule has 0 saturated carbocycles. The highest BCUT2D eigenvalue weighted by molar-refractivity contribution is 7.88. The van der Waals surface area contributed by atoms with Crippen molar-refractivity contribution in [1.29, 1.82) is 0 Å². The Bertz CT molecular complexity index is 940. The summed E-state index contributed by atoms with van der Waals surface area (Å²) in [5.41, 5.74) is 1.90. The Balaban J connectivity index is 1.59. The van der Waals surface area contributed by atoms with Gasteiger partial charge in [0, 0.05) is 35.2 Å². The fourth-order valence-corrected chi connectivity index (χ4v) is 5.23. The Morgan fingerprint density at radius 3 is 2.32 bits per heavy atom. The molecule has 3 rings (SSSR count). The molecule has 8 heteroatoms. The molecule has 0 unspecified atom stereocenters. The molecule has 0 atom stereocenters. The molecule has 1 saturated heterocycles. The standard InChI is InChI=1S/C20H22Cl2N2O3S/c21-18-9-8-17(19(22)12-18)13-23-20(25)16-6-4-15(5-7-16)14-28(26,27)24-10-2-1-3-11-24/h4-9,12H,1-3,10-11,13-14H2,(H,23,25). The van der Waals surface area contributed by atoms with Gasteiger partial charge in [-0.25, -0.2) is 12.7 Å². The van der Waals surface area contributed by atoms with Crippen molar-refractivity contribution in [1.82, 2.24) is 9.62 Å². The zero-order valence-electron chi connectivity index (χ0n) is 15.3. The van der Waals surface area contributed by atoms with Crippen molar-refractivity contribution >= 4 is 39.1 Å². The van der Waals surface area contributed by atoms with Gasteiger partial charge in [-0.05, 0) is 48.2 Å². The normalized spacial score (nSPS) is 15.4. The van der Waals surface area contributed by atoms with Crippen molar-refractivity contribution in [3.05, 3.63) is 69.2 Å². The third-order valence-corrected chi connectivity index (χ3v) is 7.17. The number of nitrogens with one attached hydrogen (secondary N) is 1. The summed E-state index contributed by atoms with van der Waals surface area (Å²) < 4.78 is 26.6. The number of amides is 1. The number of carbonyl (C=O) groups excluding carboxylic acids is 1. The lowest BCUT2D eigenvalue weighted by Crippen LogP contribution is -2.36. The smallest absolute Gasteiger partial charge is 0.251 e. The van der Waals surface area contributed by atoms with E-state index in [9.17, 15) is 13.2 Å². The summed E-state index contributed by atoms with van der Waals surface area (Å²) in [4.78, 5) is 12.3. The van der Waals surface area contributed by atoms with Crippen LogP contribution < -0.4 is 5.32 Å². The number of piperidine rings is 1. The number of sulfonamides is 1. The molecule has 1 aliphatic heterocycles. The molecular weight excluding hydrogens is 419 g/mol. The van der Waals surface area contributed by atoms with Crippen LogP contribution in [0.1, 0.15) is 40.7 Å². The minimum atomic E-state index is -3.32. The molecule has 1 amide bonds. The molecule has 1 aliphatic rings. The van der Waals surface area contributed by atoms with E-state index in [2.05, 4.69) is 5.32 Å². The van der Waals surface area contributed by atoms with Crippen LogP contribution >= 0.6 is 23.2 Å². The van der Waals surface area contributed by atoms with Crippen molar-refractivity contribution in [3.63, 3.8) is 0 Å². The topological polar surface area (TPSA) is 66.5 Å². The van der Waals surface area contributed by atoms with Crippen LogP contribution in [0, 0.1) is 0 Å². The van der Waals surface area contributed by atoms with Crippen molar-refractivity contribution in [2.75, 3.05) is 13.1 Å². The summed E-state index contributed by atoms with van der Waals surface area (Å²) in [5, 5.41) is 3.83. The lowest BCUT2D eigenvalue weighted by Gasteiger charge is -2.25. The maximum Gasteiger partial charge on any atom is 0.251 e. The summed E-state index contributed by atoms with van der Waals surface area (Å²) in [5.74, 6) is -0.300. The van der Waals surface area contributed by atoms with Crippen molar-refractivity contribution in [2.45, 2.75) is 31.6 Å². The molecule has 0 radical (unpaired) electrons. The first kappa shape index (κ1) is 21.1. The average Bonchev–Trinajstić information content (AvgIpc) is 2.68. The number of halogens is 2. The van der Waals surface area contributed by atoms with E-state index in [0.717, 1.165) is 24.8 Å². The second-order valence-corrected chi connectivity index (χ2v) is 9.64. The maximum atomic E-state index is 12.5. The average molecular weight is 441 g/mol. The molecule has 2 aromatic carbocycles. The molecule has 1 fully saturated rings. The molecule has 5 nitrogen and oxygen atoms in total. The van der Waals surface area contributed by atoms with E-state index in [0.29, 0.717) is 34.3 Å². The highest BCUT2D eigenvalue weighted by Gasteiger charge is 2.24. The largest absolute Gasteiger partial charge is 0.348 e. The van der Waals surface area contributed by atoms with E-state index >= 15 is 0 Å². The summed E-state index contributed by atoms with van der Waals surface area (Å²) in [6, 6.07) is 11.8. The predicted octanol–water partition coefficient (Wildman–Crippen LogP) is 4.24. The van der Waals surface area contributed by atoms with E-state index in [4.69, 9.17) is 23.2 Å². The van der Waals surface area contributed by atoms with Crippen molar-refractivity contribution in [2.24, 2.45) is 0 Å². The Morgan fingerprint density at radius 1 is 1.00 bits per heavy atom. The second kappa shape index (κ2) is 9.27. The number of rotatable bonds is 6. The van der Waals surface area contributed by atoms with Gasteiger partial charge in [-0.1, -0.05) is 47.8 Å². The highest BCUT2D eigenvalue weighted by Crippen LogP contribution is 2.21. The summed E-state index contributed by atoms with van der Waals surface area (Å²) >= 11 is 12.0. The van der Waals surface area contributed by atoms with Gasteiger partial charge in [-0.2, -0.15) is 0 Å². The van der Waals surface area contributed by atoms with Crippen LogP contribution in [-0.2, 0) is 22.3 Å². The molecule has 28 heavy (non-hydrogen) atoms.